The molecule has 0 fully saturated rings. The Labute approximate surface area is 63.0 Å². The molecule has 8 heavy (non-hydrogen) atoms. The summed E-state index contributed by atoms with van der Waals surface area (Å²) in [5.74, 6) is 0. The average Bonchev–Trinajstić information content (AvgIpc) is 1.68. The SMILES string of the molecule is Br.CC[N+](C)(C)CC. The highest BCUT2D eigenvalue weighted by Crippen LogP contribution is 1.91. The van der Waals surface area contributed by atoms with E-state index < -0.39 is 0 Å². The van der Waals surface area contributed by atoms with Crippen LogP contribution in [0.4, 0.5) is 0 Å². The van der Waals surface area contributed by atoms with Crippen molar-refractivity contribution in [2.75, 3.05) is 27.2 Å². The van der Waals surface area contributed by atoms with Gasteiger partial charge in [-0.25, -0.2) is 0 Å². The fraction of sp³-hybridized carbons (Fsp3) is 1.00. The fourth-order valence-corrected chi connectivity index (χ4v) is 0.224. The standard InChI is InChI=1S/C6H16N.BrH/c1-5-7(3,4)6-2;/h5-6H2,1-4H3;1H/q+1;. The lowest BCUT2D eigenvalue weighted by Crippen LogP contribution is -2.38. The van der Waals surface area contributed by atoms with E-state index in [1.165, 1.54) is 13.1 Å². The van der Waals surface area contributed by atoms with E-state index in [2.05, 4.69) is 27.9 Å². The molecule has 0 aliphatic carbocycles. The van der Waals surface area contributed by atoms with Crippen molar-refractivity contribution in [2.24, 2.45) is 0 Å². The topological polar surface area (TPSA) is 0 Å². The number of halogens is 1. The van der Waals surface area contributed by atoms with Crippen LogP contribution in [0.25, 0.3) is 0 Å². The summed E-state index contributed by atoms with van der Waals surface area (Å²) < 4.78 is 1.14. The summed E-state index contributed by atoms with van der Waals surface area (Å²) in [5, 5.41) is 0. The first-order valence-electron chi connectivity index (χ1n) is 2.94. The maximum atomic E-state index is 2.24. The van der Waals surface area contributed by atoms with Crippen molar-refractivity contribution in [1.29, 1.82) is 0 Å². The van der Waals surface area contributed by atoms with Gasteiger partial charge in [-0.1, -0.05) is 0 Å². The van der Waals surface area contributed by atoms with E-state index in [0.29, 0.717) is 0 Å². The van der Waals surface area contributed by atoms with Crippen molar-refractivity contribution in [3.63, 3.8) is 0 Å². The van der Waals surface area contributed by atoms with Crippen LogP contribution in [0.2, 0.25) is 0 Å². The molecule has 0 radical (unpaired) electrons. The molecule has 0 aliphatic rings. The molecule has 0 N–H and O–H groups in total. The molecule has 0 rings (SSSR count). The summed E-state index contributed by atoms with van der Waals surface area (Å²) >= 11 is 0. The van der Waals surface area contributed by atoms with Crippen molar-refractivity contribution in [2.45, 2.75) is 13.8 Å². The van der Waals surface area contributed by atoms with E-state index in [1.807, 2.05) is 0 Å². The zero-order valence-electron chi connectivity index (χ0n) is 6.27. The van der Waals surface area contributed by atoms with Crippen molar-refractivity contribution in [1.82, 2.24) is 0 Å². The first-order valence-corrected chi connectivity index (χ1v) is 2.94. The lowest BCUT2D eigenvalue weighted by Gasteiger charge is -2.25. The van der Waals surface area contributed by atoms with Gasteiger partial charge in [-0.2, -0.15) is 0 Å². The van der Waals surface area contributed by atoms with Crippen LogP contribution < -0.4 is 0 Å². The van der Waals surface area contributed by atoms with Gasteiger partial charge < -0.3 is 4.48 Å². The summed E-state index contributed by atoms with van der Waals surface area (Å²) in [7, 11) is 4.47. The monoisotopic (exact) mass is 182 g/mol. The molecule has 0 aromatic heterocycles. The minimum atomic E-state index is 0. The number of nitrogens with zero attached hydrogens (tertiary/aromatic N) is 1. The Balaban J connectivity index is 0. The second kappa shape index (κ2) is 4.33. The van der Waals surface area contributed by atoms with Crippen molar-refractivity contribution in [3.05, 3.63) is 0 Å². The predicted octanol–water partition coefficient (Wildman–Crippen LogP) is 1.68. The first kappa shape index (κ1) is 11.3. The van der Waals surface area contributed by atoms with Crippen LogP contribution >= 0.6 is 17.0 Å². The second-order valence-electron chi connectivity index (χ2n) is 2.57. The molecule has 0 heterocycles. The van der Waals surface area contributed by atoms with Crippen LogP contribution in [0, 0.1) is 0 Å². The summed E-state index contributed by atoms with van der Waals surface area (Å²) in [6.45, 7) is 6.89. The van der Waals surface area contributed by atoms with Crippen molar-refractivity contribution < 1.29 is 4.48 Å². The molecule has 0 aromatic carbocycles. The van der Waals surface area contributed by atoms with Gasteiger partial charge in [-0.15, -0.1) is 17.0 Å². The highest BCUT2D eigenvalue weighted by Gasteiger charge is 2.04. The number of rotatable bonds is 2. The minimum Gasteiger partial charge on any atom is -0.329 e. The highest BCUT2D eigenvalue weighted by atomic mass is 79.9. The molecule has 52 valence electrons. The van der Waals surface area contributed by atoms with E-state index in [4.69, 9.17) is 0 Å². The number of quaternary nitrogens is 1. The number of hydrogen-bond donors (Lipinski definition) is 0. The van der Waals surface area contributed by atoms with Gasteiger partial charge >= 0.3 is 0 Å². The Morgan fingerprint density at radius 2 is 1.25 bits per heavy atom. The second-order valence-corrected chi connectivity index (χ2v) is 2.57. The third-order valence-corrected chi connectivity index (χ3v) is 1.71. The van der Waals surface area contributed by atoms with Gasteiger partial charge in [-0.05, 0) is 13.8 Å². The molecule has 1 nitrogen and oxygen atoms in total. The maximum absolute atomic E-state index is 2.24. The summed E-state index contributed by atoms with van der Waals surface area (Å²) in [6, 6.07) is 0. The molecule has 0 aliphatic heterocycles. The van der Waals surface area contributed by atoms with Gasteiger partial charge in [0.25, 0.3) is 0 Å². The van der Waals surface area contributed by atoms with Crippen LogP contribution in [0.1, 0.15) is 13.8 Å². The van der Waals surface area contributed by atoms with E-state index in [9.17, 15) is 0 Å². The number of hydrogen-bond acceptors (Lipinski definition) is 0. The van der Waals surface area contributed by atoms with Gasteiger partial charge in [0.2, 0.25) is 0 Å². The zero-order chi connectivity index (χ0) is 5.91. The summed E-state index contributed by atoms with van der Waals surface area (Å²) in [6.07, 6.45) is 0. The first-order chi connectivity index (χ1) is 3.12. The molecule has 0 unspecified atom stereocenters. The average molecular weight is 183 g/mol. The molecule has 0 spiro atoms. The van der Waals surface area contributed by atoms with Crippen LogP contribution in [-0.2, 0) is 0 Å². The van der Waals surface area contributed by atoms with E-state index in [0.717, 1.165) is 4.48 Å². The Morgan fingerprint density at radius 3 is 1.25 bits per heavy atom. The Kier molecular flexibility index (Phi) is 6.10. The Morgan fingerprint density at radius 1 is 1.00 bits per heavy atom. The summed E-state index contributed by atoms with van der Waals surface area (Å²) in [4.78, 5) is 0. The summed E-state index contributed by atoms with van der Waals surface area (Å²) in [5.41, 5.74) is 0. The van der Waals surface area contributed by atoms with E-state index in [1.54, 1.807) is 0 Å². The van der Waals surface area contributed by atoms with Crippen LogP contribution in [0.15, 0.2) is 0 Å². The third kappa shape index (κ3) is 4.60. The molecule has 0 saturated heterocycles. The Hall–Kier alpha value is 0.440. The largest absolute Gasteiger partial charge is 0.329 e. The van der Waals surface area contributed by atoms with Gasteiger partial charge in [0.15, 0.2) is 0 Å². The van der Waals surface area contributed by atoms with Crippen LogP contribution in [-0.4, -0.2) is 31.7 Å². The Bertz CT molecular complexity index is 46.5. The van der Waals surface area contributed by atoms with Gasteiger partial charge in [-0.3, -0.25) is 0 Å². The molecular formula is C6H17BrN+. The molecule has 2 heteroatoms. The van der Waals surface area contributed by atoms with Crippen LogP contribution in [0.5, 0.6) is 0 Å². The van der Waals surface area contributed by atoms with Crippen LogP contribution in [0.3, 0.4) is 0 Å². The van der Waals surface area contributed by atoms with E-state index >= 15 is 0 Å². The maximum Gasteiger partial charge on any atom is 0.0753 e. The van der Waals surface area contributed by atoms with Crippen molar-refractivity contribution >= 4 is 17.0 Å². The van der Waals surface area contributed by atoms with Gasteiger partial charge in [0, 0.05) is 0 Å². The molecule has 0 aromatic rings. The normalized spacial score (nSPS) is 10.5. The van der Waals surface area contributed by atoms with E-state index in [-0.39, 0.29) is 17.0 Å². The van der Waals surface area contributed by atoms with Gasteiger partial charge in [0.05, 0.1) is 27.2 Å². The molecule has 0 bridgehead atoms. The molecule has 0 atom stereocenters. The lowest BCUT2D eigenvalue weighted by molar-refractivity contribution is -0.886. The lowest BCUT2D eigenvalue weighted by atomic mass is 10.5. The van der Waals surface area contributed by atoms with Crippen molar-refractivity contribution in [3.8, 4) is 0 Å². The zero-order valence-corrected chi connectivity index (χ0v) is 7.98. The predicted molar refractivity (Wildman–Crippen MR) is 43.5 cm³/mol. The minimum absolute atomic E-state index is 0. The van der Waals surface area contributed by atoms with Gasteiger partial charge in [0.1, 0.15) is 0 Å². The molecule has 0 amide bonds. The fourth-order valence-electron chi connectivity index (χ4n) is 0.224. The molecule has 0 saturated carbocycles. The molecular weight excluding hydrogens is 166 g/mol. The third-order valence-electron chi connectivity index (χ3n) is 1.71. The quantitative estimate of drug-likeness (QED) is 0.571. The highest BCUT2D eigenvalue weighted by molar-refractivity contribution is 8.93. The smallest absolute Gasteiger partial charge is 0.0753 e.